The Hall–Kier alpha value is -2.22. The molecule has 2 nitrogen and oxygen atoms in total. The molecule has 0 amide bonds. The Morgan fingerprint density at radius 3 is 1.62 bits per heavy atom. The average molecular weight is 280 g/mol. The molecule has 0 saturated heterocycles. The van der Waals surface area contributed by atoms with Crippen molar-refractivity contribution < 1.29 is 9.47 Å². The standard InChI is InChI=1S/C19H20O2/c1-3-12-18-16(8-1)10-7-11-17-9-2-4-13-19(17)21-15-6-5-14-20-18/h1-6,8-9,12-13H,7,10-11,14-15H2/b6-5+. The van der Waals surface area contributed by atoms with Crippen LogP contribution in [0.1, 0.15) is 17.5 Å². The summed E-state index contributed by atoms with van der Waals surface area (Å²) < 4.78 is 11.7. The van der Waals surface area contributed by atoms with E-state index in [1.165, 1.54) is 11.1 Å². The topological polar surface area (TPSA) is 18.5 Å². The van der Waals surface area contributed by atoms with Crippen LogP contribution in [0, 0.1) is 0 Å². The molecule has 1 heterocycles. The van der Waals surface area contributed by atoms with Crippen LogP contribution in [0.4, 0.5) is 0 Å². The largest absolute Gasteiger partial charge is 0.489 e. The zero-order chi connectivity index (χ0) is 14.3. The minimum atomic E-state index is 0.585. The monoisotopic (exact) mass is 280 g/mol. The molecule has 0 fully saturated rings. The van der Waals surface area contributed by atoms with Gasteiger partial charge >= 0.3 is 0 Å². The maximum atomic E-state index is 5.84. The fourth-order valence-electron chi connectivity index (χ4n) is 2.58. The maximum absolute atomic E-state index is 5.84. The lowest BCUT2D eigenvalue weighted by molar-refractivity contribution is 0.348. The van der Waals surface area contributed by atoms with Crippen molar-refractivity contribution in [1.29, 1.82) is 0 Å². The molecule has 21 heavy (non-hydrogen) atoms. The Kier molecular flexibility index (Phi) is 4.57. The zero-order valence-electron chi connectivity index (χ0n) is 12.1. The molecule has 0 radical (unpaired) electrons. The molecule has 0 bridgehead atoms. The van der Waals surface area contributed by atoms with Gasteiger partial charge in [0.15, 0.2) is 0 Å². The average Bonchev–Trinajstić information content (AvgIpc) is 2.54. The highest BCUT2D eigenvalue weighted by molar-refractivity contribution is 5.35. The first-order chi connectivity index (χ1) is 10.4. The van der Waals surface area contributed by atoms with Crippen LogP contribution in [-0.2, 0) is 12.8 Å². The first-order valence-corrected chi connectivity index (χ1v) is 7.50. The van der Waals surface area contributed by atoms with Gasteiger partial charge in [-0.1, -0.05) is 36.4 Å². The first-order valence-electron chi connectivity index (χ1n) is 7.50. The zero-order valence-corrected chi connectivity index (χ0v) is 12.1. The lowest BCUT2D eigenvalue weighted by Crippen LogP contribution is -1.98. The number of hydrogen-bond acceptors (Lipinski definition) is 2. The van der Waals surface area contributed by atoms with E-state index in [2.05, 4.69) is 24.3 Å². The molecule has 0 spiro atoms. The van der Waals surface area contributed by atoms with Gasteiger partial charge < -0.3 is 9.47 Å². The number of benzene rings is 2. The Labute approximate surface area is 126 Å². The van der Waals surface area contributed by atoms with Crippen molar-refractivity contribution in [1.82, 2.24) is 0 Å². The predicted molar refractivity (Wildman–Crippen MR) is 85.0 cm³/mol. The minimum absolute atomic E-state index is 0.585. The number of ether oxygens (including phenoxy) is 2. The molecule has 0 N–H and O–H groups in total. The van der Waals surface area contributed by atoms with E-state index in [4.69, 9.17) is 9.47 Å². The van der Waals surface area contributed by atoms with Gasteiger partial charge in [0.2, 0.25) is 0 Å². The van der Waals surface area contributed by atoms with E-state index in [0.29, 0.717) is 13.2 Å². The molecule has 2 aromatic rings. The highest BCUT2D eigenvalue weighted by atomic mass is 16.5. The van der Waals surface area contributed by atoms with Crippen molar-refractivity contribution >= 4 is 0 Å². The van der Waals surface area contributed by atoms with Crippen LogP contribution in [-0.4, -0.2) is 13.2 Å². The molecule has 0 unspecified atom stereocenters. The highest BCUT2D eigenvalue weighted by Crippen LogP contribution is 2.24. The summed E-state index contributed by atoms with van der Waals surface area (Å²) in [6, 6.07) is 16.6. The number of aryl methyl sites for hydroxylation is 2. The van der Waals surface area contributed by atoms with Gasteiger partial charge in [-0.25, -0.2) is 0 Å². The van der Waals surface area contributed by atoms with Crippen molar-refractivity contribution in [3.63, 3.8) is 0 Å². The molecule has 2 aromatic carbocycles. The summed E-state index contributed by atoms with van der Waals surface area (Å²) >= 11 is 0. The highest BCUT2D eigenvalue weighted by Gasteiger charge is 2.06. The second-order valence-electron chi connectivity index (χ2n) is 5.16. The summed E-state index contributed by atoms with van der Waals surface area (Å²) in [6.45, 7) is 1.17. The van der Waals surface area contributed by atoms with Crippen molar-refractivity contribution in [2.24, 2.45) is 0 Å². The third-order valence-electron chi connectivity index (χ3n) is 3.67. The van der Waals surface area contributed by atoms with Crippen molar-refractivity contribution in [2.75, 3.05) is 13.2 Å². The lowest BCUT2D eigenvalue weighted by Gasteiger charge is -2.11. The summed E-state index contributed by atoms with van der Waals surface area (Å²) in [5.74, 6) is 1.99. The Balaban J connectivity index is 1.82. The summed E-state index contributed by atoms with van der Waals surface area (Å²) in [7, 11) is 0. The summed E-state index contributed by atoms with van der Waals surface area (Å²) in [5.41, 5.74) is 2.56. The van der Waals surface area contributed by atoms with E-state index in [9.17, 15) is 0 Å². The SMILES string of the molecule is C1=C/COc2ccccc2CCCc2ccccc2OC/1. The summed E-state index contributed by atoms with van der Waals surface area (Å²) in [6.07, 6.45) is 7.16. The minimum Gasteiger partial charge on any atom is -0.489 e. The number of rotatable bonds is 0. The van der Waals surface area contributed by atoms with Gasteiger partial charge in [-0.3, -0.25) is 0 Å². The van der Waals surface area contributed by atoms with E-state index in [1.54, 1.807) is 0 Å². The number of hydrogen-bond donors (Lipinski definition) is 0. The third kappa shape index (κ3) is 3.66. The van der Waals surface area contributed by atoms with Gasteiger partial charge in [-0.2, -0.15) is 0 Å². The van der Waals surface area contributed by atoms with E-state index >= 15 is 0 Å². The van der Waals surface area contributed by atoms with Gasteiger partial charge in [0.1, 0.15) is 24.7 Å². The molecule has 2 heteroatoms. The Bertz CT molecular complexity index is 563. The van der Waals surface area contributed by atoms with E-state index in [-0.39, 0.29) is 0 Å². The quantitative estimate of drug-likeness (QED) is 0.674. The fraction of sp³-hybridized carbons (Fsp3) is 0.263. The van der Waals surface area contributed by atoms with Gasteiger partial charge in [-0.05, 0) is 54.7 Å². The van der Waals surface area contributed by atoms with Gasteiger partial charge in [-0.15, -0.1) is 0 Å². The molecule has 0 aliphatic carbocycles. The van der Waals surface area contributed by atoms with Crippen LogP contribution in [0.2, 0.25) is 0 Å². The van der Waals surface area contributed by atoms with Crippen molar-refractivity contribution in [2.45, 2.75) is 19.3 Å². The van der Waals surface area contributed by atoms with E-state index < -0.39 is 0 Å². The second kappa shape index (κ2) is 6.98. The lowest BCUT2D eigenvalue weighted by atomic mass is 10.0. The van der Waals surface area contributed by atoms with Gasteiger partial charge in [0.05, 0.1) is 0 Å². The van der Waals surface area contributed by atoms with Crippen LogP contribution in [0.3, 0.4) is 0 Å². The van der Waals surface area contributed by atoms with Crippen LogP contribution in [0.15, 0.2) is 60.7 Å². The molecule has 108 valence electrons. The Morgan fingerprint density at radius 1 is 0.619 bits per heavy atom. The fourth-order valence-corrected chi connectivity index (χ4v) is 2.58. The van der Waals surface area contributed by atoms with E-state index in [1.807, 2.05) is 36.4 Å². The van der Waals surface area contributed by atoms with Gasteiger partial charge in [0.25, 0.3) is 0 Å². The Morgan fingerprint density at radius 2 is 1.10 bits per heavy atom. The van der Waals surface area contributed by atoms with Crippen LogP contribution in [0.25, 0.3) is 0 Å². The molecule has 0 aromatic heterocycles. The number of fused-ring (bicyclic) bond motifs is 2. The van der Waals surface area contributed by atoms with Crippen molar-refractivity contribution in [3.05, 3.63) is 71.8 Å². The summed E-state index contributed by atoms with van der Waals surface area (Å²) in [5, 5.41) is 0. The number of para-hydroxylation sites is 2. The van der Waals surface area contributed by atoms with Crippen LogP contribution in [0.5, 0.6) is 11.5 Å². The smallest absolute Gasteiger partial charge is 0.122 e. The molecule has 1 aliphatic heterocycles. The predicted octanol–water partition coefficient (Wildman–Crippen LogP) is 4.19. The van der Waals surface area contributed by atoms with Gasteiger partial charge in [0, 0.05) is 0 Å². The molecular weight excluding hydrogens is 260 g/mol. The molecule has 0 atom stereocenters. The molecule has 3 rings (SSSR count). The second-order valence-corrected chi connectivity index (χ2v) is 5.16. The molecule has 0 saturated carbocycles. The van der Waals surface area contributed by atoms with E-state index in [0.717, 1.165) is 30.8 Å². The molecule has 1 aliphatic rings. The molecular formula is C19H20O2. The van der Waals surface area contributed by atoms with Crippen LogP contribution >= 0.6 is 0 Å². The maximum Gasteiger partial charge on any atom is 0.122 e. The normalized spacial score (nSPS) is 16.8. The third-order valence-corrected chi connectivity index (χ3v) is 3.67. The van der Waals surface area contributed by atoms with Crippen molar-refractivity contribution in [3.8, 4) is 11.5 Å². The summed E-state index contributed by atoms with van der Waals surface area (Å²) in [4.78, 5) is 0. The van der Waals surface area contributed by atoms with Crippen LogP contribution < -0.4 is 9.47 Å². The first kappa shape index (κ1) is 13.7.